The largest absolute Gasteiger partial charge is 0.340 e. The highest BCUT2D eigenvalue weighted by Crippen LogP contribution is 2.33. The summed E-state index contributed by atoms with van der Waals surface area (Å²) in [5.41, 5.74) is 3.93. The van der Waals surface area contributed by atoms with Crippen LogP contribution in [0.15, 0.2) is 41.3 Å². The first-order valence-electron chi connectivity index (χ1n) is 11.8. The molecule has 0 bridgehead atoms. The van der Waals surface area contributed by atoms with E-state index >= 15 is 0 Å². The second-order valence-corrected chi connectivity index (χ2v) is 9.37. The minimum atomic E-state index is -1.14. The predicted octanol–water partition coefficient (Wildman–Crippen LogP) is 6.47. The molecule has 3 aromatic rings. The lowest BCUT2D eigenvalue weighted by Gasteiger charge is -2.22. The van der Waals surface area contributed by atoms with Gasteiger partial charge >= 0.3 is 0 Å². The Morgan fingerprint density at radius 2 is 1.62 bits per heavy atom. The third-order valence-electron chi connectivity index (χ3n) is 5.25. The van der Waals surface area contributed by atoms with Gasteiger partial charge in [0, 0.05) is 29.4 Å². The maximum absolute atomic E-state index is 12.2. The Morgan fingerprint density at radius 1 is 1.00 bits per heavy atom. The zero-order chi connectivity index (χ0) is 23.7. The van der Waals surface area contributed by atoms with Crippen LogP contribution < -0.4 is 5.32 Å². The van der Waals surface area contributed by atoms with Crippen LogP contribution in [0.25, 0.3) is 5.65 Å². The number of nitrogens with zero attached hydrogens (tertiary/aromatic N) is 4. The van der Waals surface area contributed by atoms with Crippen molar-refractivity contribution in [2.45, 2.75) is 77.5 Å². The molecule has 1 atom stereocenters. The summed E-state index contributed by atoms with van der Waals surface area (Å²) in [6.07, 6.45) is 6.31. The van der Waals surface area contributed by atoms with E-state index < -0.39 is 11.0 Å². The topological polar surface area (TPSA) is 62.5 Å². The molecule has 1 aliphatic rings. The molecule has 176 valence electrons. The standard InChI is InChI=1S/C21H27N5OS.2C2H6/c1-15-13-20-23-19(16-7-5-4-6-8-16)14-21(26(20)24-15)22-17-9-11-18(12-10-17)28(27)25(2)3;2*1-2/h9-14,16,22H,4-8H2,1-3H3;2*1-2H3. The molecule has 1 aliphatic carbocycles. The average molecular weight is 458 g/mol. The third-order valence-corrected chi connectivity index (χ3v) is 6.59. The molecule has 7 heteroatoms. The number of fused-ring (bicyclic) bond motifs is 1. The highest BCUT2D eigenvalue weighted by molar-refractivity contribution is 7.82. The van der Waals surface area contributed by atoms with Crippen LogP contribution in [0, 0.1) is 6.92 Å². The van der Waals surface area contributed by atoms with Crippen molar-refractivity contribution in [3.05, 3.63) is 47.8 Å². The fourth-order valence-corrected chi connectivity index (χ4v) is 4.61. The van der Waals surface area contributed by atoms with Crippen LogP contribution in [0.4, 0.5) is 11.5 Å². The van der Waals surface area contributed by atoms with Crippen LogP contribution >= 0.6 is 0 Å². The molecule has 1 unspecified atom stereocenters. The molecule has 6 nitrogen and oxygen atoms in total. The summed E-state index contributed by atoms with van der Waals surface area (Å²) in [5.74, 6) is 1.44. The van der Waals surface area contributed by atoms with Gasteiger partial charge in [0.25, 0.3) is 0 Å². The van der Waals surface area contributed by atoms with Crippen molar-refractivity contribution in [1.82, 2.24) is 18.9 Å². The average Bonchev–Trinajstić information content (AvgIpc) is 3.22. The summed E-state index contributed by atoms with van der Waals surface area (Å²) in [7, 11) is 2.48. The second kappa shape index (κ2) is 12.7. The Morgan fingerprint density at radius 3 is 2.22 bits per heavy atom. The van der Waals surface area contributed by atoms with Crippen LogP contribution in [0.2, 0.25) is 0 Å². The molecular weight excluding hydrogens is 418 g/mol. The van der Waals surface area contributed by atoms with Crippen LogP contribution in [-0.2, 0) is 11.0 Å². The molecule has 4 rings (SSSR count). The van der Waals surface area contributed by atoms with Gasteiger partial charge in [0.2, 0.25) is 0 Å². The lowest BCUT2D eigenvalue weighted by Crippen LogP contribution is -2.15. The van der Waals surface area contributed by atoms with E-state index in [2.05, 4.69) is 16.5 Å². The maximum atomic E-state index is 12.2. The smallest absolute Gasteiger partial charge is 0.157 e. The van der Waals surface area contributed by atoms with Gasteiger partial charge in [0.15, 0.2) is 5.65 Å². The number of rotatable bonds is 5. The summed E-state index contributed by atoms with van der Waals surface area (Å²) < 4.78 is 15.8. The number of nitrogens with one attached hydrogen (secondary N) is 1. The third kappa shape index (κ3) is 6.39. The van der Waals surface area contributed by atoms with Crippen molar-refractivity contribution in [1.29, 1.82) is 0 Å². The quantitative estimate of drug-likeness (QED) is 0.477. The molecule has 0 aliphatic heterocycles. The van der Waals surface area contributed by atoms with Crippen LogP contribution in [-0.4, -0.2) is 37.2 Å². The number of aryl methyl sites for hydroxylation is 1. The van der Waals surface area contributed by atoms with Gasteiger partial charge in [0.05, 0.1) is 10.6 Å². The van der Waals surface area contributed by atoms with E-state index in [-0.39, 0.29) is 0 Å². The van der Waals surface area contributed by atoms with Gasteiger partial charge in [-0.1, -0.05) is 47.0 Å². The first-order valence-corrected chi connectivity index (χ1v) is 13.0. The van der Waals surface area contributed by atoms with E-state index in [1.807, 2.05) is 83.6 Å². The van der Waals surface area contributed by atoms with E-state index in [1.165, 1.54) is 32.1 Å². The molecule has 0 spiro atoms. The van der Waals surface area contributed by atoms with E-state index in [4.69, 9.17) is 4.98 Å². The van der Waals surface area contributed by atoms with E-state index in [0.29, 0.717) is 5.92 Å². The minimum absolute atomic E-state index is 0.527. The van der Waals surface area contributed by atoms with Crippen molar-refractivity contribution in [3.63, 3.8) is 0 Å². The molecular formula is C25H39N5OS. The van der Waals surface area contributed by atoms with Crippen molar-refractivity contribution in [2.75, 3.05) is 19.4 Å². The van der Waals surface area contributed by atoms with Crippen LogP contribution in [0.5, 0.6) is 0 Å². The Bertz CT molecular complexity index is 991. The first-order chi connectivity index (χ1) is 15.5. The normalized spacial score (nSPS) is 14.9. The summed E-state index contributed by atoms with van der Waals surface area (Å²) in [6.45, 7) is 9.99. The number of hydrogen-bond acceptors (Lipinski definition) is 4. The van der Waals surface area contributed by atoms with Gasteiger partial charge in [-0.15, -0.1) is 0 Å². The van der Waals surface area contributed by atoms with Crippen LogP contribution in [0.1, 0.15) is 77.1 Å². The SMILES string of the molecule is CC.CC.Cc1cc2nc(C3CCCCC3)cc(Nc3ccc(S(=O)N(C)C)cc3)n2n1. The Labute approximate surface area is 196 Å². The molecule has 2 aromatic heterocycles. The summed E-state index contributed by atoms with van der Waals surface area (Å²) in [5, 5.41) is 8.08. The minimum Gasteiger partial charge on any atom is -0.340 e. The van der Waals surface area contributed by atoms with Gasteiger partial charge in [-0.2, -0.15) is 9.61 Å². The van der Waals surface area contributed by atoms with Gasteiger partial charge < -0.3 is 5.32 Å². The Balaban J connectivity index is 0.000000860. The Hall–Kier alpha value is -2.25. The summed E-state index contributed by atoms with van der Waals surface area (Å²) >= 11 is 0. The predicted molar refractivity (Wildman–Crippen MR) is 136 cm³/mol. The number of aromatic nitrogens is 3. The first kappa shape index (κ1) is 26.0. The monoisotopic (exact) mass is 457 g/mol. The van der Waals surface area contributed by atoms with Gasteiger partial charge in [-0.25, -0.2) is 13.5 Å². The number of anilines is 2. The van der Waals surface area contributed by atoms with Gasteiger partial charge in [0.1, 0.15) is 16.8 Å². The Kier molecular flexibility index (Phi) is 10.3. The van der Waals surface area contributed by atoms with Crippen molar-refractivity contribution >= 4 is 28.1 Å². The highest BCUT2D eigenvalue weighted by atomic mass is 32.2. The number of benzene rings is 1. The van der Waals surface area contributed by atoms with E-state index in [0.717, 1.165) is 33.4 Å². The van der Waals surface area contributed by atoms with Gasteiger partial charge in [-0.05, 0) is 58.1 Å². The fraction of sp³-hybridized carbons (Fsp3) is 0.520. The maximum Gasteiger partial charge on any atom is 0.157 e. The van der Waals surface area contributed by atoms with Crippen molar-refractivity contribution in [3.8, 4) is 0 Å². The molecule has 1 N–H and O–H groups in total. The molecule has 0 radical (unpaired) electrons. The van der Waals surface area contributed by atoms with Crippen molar-refractivity contribution < 1.29 is 4.21 Å². The lowest BCUT2D eigenvalue weighted by atomic mass is 9.87. The molecule has 32 heavy (non-hydrogen) atoms. The number of hydrogen-bond donors (Lipinski definition) is 1. The van der Waals surface area contributed by atoms with Gasteiger partial charge in [-0.3, -0.25) is 0 Å². The van der Waals surface area contributed by atoms with Crippen LogP contribution in [0.3, 0.4) is 0 Å². The van der Waals surface area contributed by atoms with E-state index in [1.54, 1.807) is 4.31 Å². The molecule has 1 aromatic carbocycles. The van der Waals surface area contributed by atoms with Crippen molar-refractivity contribution in [2.24, 2.45) is 0 Å². The molecule has 1 fully saturated rings. The zero-order valence-electron chi connectivity index (χ0n) is 20.7. The van der Waals surface area contributed by atoms with E-state index in [9.17, 15) is 4.21 Å². The zero-order valence-corrected chi connectivity index (χ0v) is 21.5. The highest BCUT2D eigenvalue weighted by Gasteiger charge is 2.19. The second-order valence-electron chi connectivity index (χ2n) is 7.67. The lowest BCUT2D eigenvalue weighted by molar-refractivity contribution is 0.437. The molecule has 1 saturated carbocycles. The molecule has 0 amide bonds. The molecule has 0 saturated heterocycles. The summed E-state index contributed by atoms with van der Waals surface area (Å²) in [4.78, 5) is 5.68. The molecule has 2 heterocycles. The summed E-state index contributed by atoms with van der Waals surface area (Å²) in [6, 6.07) is 11.9. The fourth-order valence-electron chi connectivity index (χ4n) is 3.82.